The van der Waals surface area contributed by atoms with E-state index in [0.717, 1.165) is 34.9 Å². The predicted molar refractivity (Wildman–Crippen MR) is 166 cm³/mol. The number of hydrogen-bond donors (Lipinski definition) is 0. The number of halogens is 1. The van der Waals surface area contributed by atoms with Crippen molar-refractivity contribution in [3.63, 3.8) is 0 Å². The number of hydroxylamine groups is 4. The van der Waals surface area contributed by atoms with Crippen molar-refractivity contribution >= 4 is 89.8 Å². The summed E-state index contributed by atoms with van der Waals surface area (Å²) in [6.45, 7) is 9.55. The first kappa shape index (κ1) is 40.6. The molecular weight excluding hydrogens is 678 g/mol. The molecule has 0 aromatic carbocycles. The van der Waals surface area contributed by atoms with Crippen LogP contribution in [0.2, 0.25) is 0 Å². The first-order chi connectivity index (χ1) is 21.0. The lowest BCUT2D eigenvalue weighted by molar-refractivity contribution is -0.198. The normalized spacial score (nSPS) is 15.8. The second-order valence-corrected chi connectivity index (χ2v) is 16.7. The van der Waals surface area contributed by atoms with Gasteiger partial charge in [-0.1, -0.05) is 25.2 Å². The van der Waals surface area contributed by atoms with E-state index >= 15 is 0 Å². The van der Waals surface area contributed by atoms with Crippen molar-refractivity contribution in [3.05, 3.63) is 0 Å². The number of carbonyl (C=O) groups is 8. The summed E-state index contributed by atoms with van der Waals surface area (Å²) in [6.07, 6.45) is -0.227. The molecule has 0 bridgehead atoms. The van der Waals surface area contributed by atoms with Crippen LogP contribution in [0.4, 0.5) is 4.20 Å². The Bertz CT molecular complexity index is 1110. The zero-order valence-corrected chi connectivity index (χ0v) is 29.3. The highest BCUT2D eigenvalue weighted by atomic mass is 32.7. The van der Waals surface area contributed by atoms with E-state index in [-0.39, 0.29) is 62.3 Å². The minimum absolute atomic E-state index is 0.0383. The van der Waals surface area contributed by atoms with Crippen LogP contribution < -0.4 is 0 Å². The number of esters is 2. The molecule has 14 nitrogen and oxygen atoms in total. The maximum absolute atomic E-state index is 14.2. The number of nitrogens with zero attached hydrogens (tertiary/aromatic N) is 2. The van der Waals surface area contributed by atoms with Crippen LogP contribution in [0, 0.1) is 0 Å². The summed E-state index contributed by atoms with van der Waals surface area (Å²) in [4.78, 5) is 105. The Morgan fingerprint density at radius 1 is 0.711 bits per heavy atom. The number of thioether (sulfide) groups is 2. The molecule has 0 spiro atoms. The Morgan fingerprint density at radius 3 is 1.44 bits per heavy atom. The number of carbonyl (C=O) groups excluding carboxylic acids is 8. The van der Waals surface area contributed by atoms with E-state index in [1.165, 1.54) is 27.7 Å². The van der Waals surface area contributed by atoms with Gasteiger partial charge in [0.1, 0.15) is 23.5 Å². The van der Waals surface area contributed by atoms with Crippen molar-refractivity contribution in [2.75, 3.05) is 36.6 Å². The first-order valence-corrected chi connectivity index (χ1v) is 18.8. The van der Waals surface area contributed by atoms with E-state index < -0.39 is 64.4 Å². The first-order valence-electron chi connectivity index (χ1n) is 13.8. The smallest absolute Gasteiger partial charge is 0.348 e. The molecule has 4 amide bonds. The maximum Gasteiger partial charge on any atom is 0.348 e. The third-order valence-corrected chi connectivity index (χ3v) is 11.2. The van der Waals surface area contributed by atoms with Gasteiger partial charge in [0, 0.05) is 37.6 Å². The van der Waals surface area contributed by atoms with Gasteiger partial charge < -0.3 is 19.1 Å². The van der Waals surface area contributed by atoms with Gasteiger partial charge in [-0.15, -0.1) is 33.7 Å². The zero-order chi connectivity index (χ0) is 34.4. The Kier molecular flexibility index (Phi) is 17.4. The minimum Gasteiger partial charge on any atom is -0.465 e. The molecule has 0 N–H and O–H groups in total. The Hall–Kier alpha value is -2.43. The molecular formula is C26H38FN2O12PS3. The van der Waals surface area contributed by atoms with E-state index in [9.17, 15) is 42.6 Å². The Morgan fingerprint density at radius 2 is 1.07 bits per heavy atom. The molecule has 2 aliphatic rings. The average Bonchev–Trinajstić information content (AvgIpc) is 3.48. The van der Waals surface area contributed by atoms with Crippen LogP contribution in [0.25, 0.3) is 0 Å². The lowest BCUT2D eigenvalue weighted by atomic mass is 10.2. The lowest BCUT2D eigenvalue weighted by Crippen LogP contribution is -2.40. The lowest BCUT2D eigenvalue weighted by Gasteiger charge is -2.23. The van der Waals surface area contributed by atoms with Crippen molar-refractivity contribution in [2.24, 2.45) is 0 Å². The molecule has 0 aromatic heterocycles. The van der Waals surface area contributed by atoms with Crippen molar-refractivity contribution in [3.8, 4) is 0 Å². The predicted octanol–water partition coefficient (Wildman–Crippen LogP) is 3.35. The van der Waals surface area contributed by atoms with Crippen molar-refractivity contribution in [1.29, 1.82) is 0 Å². The van der Waals surface area contributed by atoms with Gasteiger partial charge in [-0.3, -0.25) is 28.8 Å². The number of imide groups is 2. The van der Waals surface area contributed by atoms with E-state index in [0.29, 0.717) is 10.1 Å². The highest BCUT2D eigenvalue weighted by molar-refractivity contribution is 8.54. The number of ether oxygens (including phenoxy) is 2. The van der Waals surface area contributed by atoms with Crippen LogP contribution in [0.15, 0.2) is 0 Å². The fraction of sp³-hybridized carbons (Fsp3) is 0.692. The molecule has 19 heteroatoms. The molecule has 0 radical (unpaired) electrons. The largest absolute Gasteiger partial charge is 0.465 e. The molecule has 254 valence electrons. The number of rotatable bonds is 17. The third-order valence-electron chi connectivity index (χ3n) is 5.55. The standard InChI is InChI=1S/C24H32FN2O12PS3.C2H6/c1-23(2,21(34)38-26-15(28)5-6-16(26)29)41-13-19(32)36-9-11-40(25)43-12-10-37-20(33)14-42-24(3,4)22(35)39-27-17(30)7-8-18(27)31;1-2/h5-14H2,1-4H3;1-2H3. The highest BCUT2D eigenvalue weighted by Gasteiger charge is 2.40. The van der Waals surface area contributed by atoms with Crippen LogP contribution >= 0.6 is 42.3 Å². The van der Waals surface area contributed by atoms with Gasteiger partial charge in [0.05, 0.1) is 18.1 Å². The van der Waals surface area contributed by atoms with Gasteiger partial charge in [0.25, 0.3) is 23.6 Å². The summed E-state index contributed by atoms with van der Waals surface area (Å²) in [6, 6.07) is 0. The summed E-state index contributed by atoms with van der Waals surface area (Å²) < 4.78 is 21.7. The fourth-order valence-corrected chi connectivity index (χ4v) is 6.55. The summed E-state index contributed by atoms with van der Waals surface area (Å²) in [5, 5.41) is 0.857. The van der Waals surface area contributed by atoms with Crippen molar-refractivity contribution < 1.29 is 61.7 Å². The molecule has 0 aromatic rings. The van der Waals surface area contributed by atoms with Gasteiger partial charge >= 0.3 is 23.9 Å². The average molecular weight is 717 g/mol. The second kappa shape index (κ2) is 19.3. The van der Waals surface area contributed by atoms with Crippen LogP contribution in [0.5, 0.6) is 0 Å². The van der Waals surface area contributed by atoms with E-state index in [2.05, 4.69) is 0 Å². The second-order valence-electron chi connectivity index (χ2n) is 9.83. The molecule has 2 saturated heterocycles. The van der Waals surface area contributed by atoms with Crippen molar-refractivity contribution in [2.45, 2.75) is 76.7 Å². The van der Waals surface area contributed by atoms with Gasteiger partial charge in [-0.25, -0.2) is 13.8 Å². The molecule has 2 fully saturated rings. The van der Waals surface area contributed by atoms with E-state index in [4.69, 9.17) is 19.1 Å². The molecule has 1 unspecified atom stereocenters. The fourth-order valence-electron chi connectivity index (χ4n) is 2.97. The zero-order valence-electron chi connectivity index (χ0n) is 25.9. The highest BCUT2D eigenvalue weighted by Crippen LogP contribution is 2.50. The summed E-state index contributed by atoms with van der Waals surface area (Å²) in [5.74, 6) is -5.89. The van der Waals surface area contributed by atoms with Crippen molar-refractivity contribution in [1.82, 2.24) is 10.1 Å². The Labute approximate surface area is 274 Å². The summed E-state index contributed by atoms with van der Waals surface area (Å²) in [5.41, 5.74) is 0. The maximum atomic E-state index is 14.2. The van der Waals surface area contributed by atoms with Crippen LogP contribution in [-0.2, 0) is 57.5 Å². The van der Waals surface area contributed by atoms with Gasteiger partial charge in [0.2, 0.25) is 0 Å². The van der Waals surface area contributed by atoms with Crippen LogP contribution in [-0.4, -0.2) is 104 Å². The molecule has 2 aliphatic heterocycles. The Balaban J connectivity index is 0.00000496. The summed E-state index contributed by atoms with van der Waals surface area (Å²) in [7, 11) is -2.08. The van der Waals surface area contributed by atoms with Gasteiger partial charge in [-0.05, 0) is 27.7 Å². The van der Waals surface area contributed by atoms with Gasteiger partial charge in [-0.2, -0.15) is 0 Å². The molecule has 2 rings (SSSR count). The third kappa shape index (κ3) is 13.8. The molecule has 1 atom stereocenters. The topological polar surface area (TPSA) is 180 Å². The number of hydrogen-bond acceptors (Lipinski definition) is 15. The SMILES string of the molecule is CC.CC(C)(SCC(=O)OCCSP(F)CCOC(=O)CSC(C)(C)C(=O)ON1C(=O)CCC1=O)C(=O)ON1C(=O)CCC1=O. The van der Waals surface area contributed by atoms with E-state index in [1.807, 2.05) is 13.8 Å². The van der Waals surface area contributed by atoms with Crippen LogP contribution in [0.1, 0.15) is 67.2 Å². The van der Waals surface area contributed by atoms with Crippen LogP contribution in [0.3, 0.4) is 0 Å². The molecule has 2 heterocycles. The molecule has 0 saturated carbocycles. The monoisotopic (exact) mass is 716 g/mol. The minimum atomic E-state index is -2.08. The molecule has 0 aliphatic carbocycles. The van der Waals surface area contributed by atoms with Gasteiger partial charge in [0.15, 0.2) is 0 Å². The van der Waals surface area contributed by atoms with E-state index in [1.54, 1.807) is 0 Å². The summed E-state index contributed by atoms with van der Waals surface area (Å²) >= 11 is 2.68. The number of amides is 4. The quantitative estimate of drug-likeness (QED) is 0.0925. The molecule has 45 heavy (non-hydrogen) atoms.